The van der Waals surface area contributed by atoms with Gasteiger partial charge in [0.25, 0.3) is 0 Å². The van der Waals surface area contributed by atoms with Crippen LogP contribution < -0.4 is 10.6 Å². The Hall–Kier alpha value is -2.69. The fraction of sp³-hybridized carbons (Fsp3) is 0.595. The lowest BCUT2D eigenvalue weighted by atomic mass is 9.51. The molecule has 0 radical (unpaired) electrons. The third-order valence-electron chi connectivity index (χ3n) is 12.0. The van der Waals surface area contributed by atoms with Gasteiger partial charge in [0.1, 0.15) is 12.5 Å². The van der Waals surface area contributed by atoms with Gasteiger partial charge in [-0.05, 0) is 138 Å². The van der Waals surface area contributed by atoms with Crippen LogP contribution in [-0.4, -0.2) is 82.6 Å². The molecule has 8 atom stereocenters. The van der Waals surface area contributed by atoms with Gasteiger partial charge in [0.05, 0.1) is 18.3 Å². The van der Waals surface area contributed by atoms with E-state index in [2.05, 4.69) is 54.5 Å². The highest BCUT2D eigenvalue weighted by Crippen LogP contribution is 2.63. The number of rotatable bonds is 12. The minimum absolute atomic E-state index is 0.0105. The van der Waals surface area contributed by atoms with Gasteiger partial charge >= 0.3 is 0 Å². The van der Waals surface area contributed by atoms with E-state index in [9.17, 15) is 30.3 Å². The lowest BCUT2D eigenvalue weighted by Crippen LogP contribution is -2.61. The first-order chi connectivity index (χ1) is 23.9. The fourth-order valence-electron chi connectivity index (χ4n) is 9.20. The maximum Gasteiger partial charge on any atom is 0.145 e. The van der Waals surface area contributed by atoms with Gasteiger partial charge in [0, 0.05) is 24.0 Å². The average Bonchev–Trinajstić information content (AvgIpc) is 3.44. The smallest absolute Gasteiger partial charge is 0.145 e. The third kappa shape index (κ3) is 8.84. The maximum absolute atomic E-state index is 12.4. The Morgan fingerprint density at radius 2 is 1.90 bits per heavy atom. The molecule has 8 nitrogen and oxygen atoms in total. The van der Waals surface area contributed by atoms with Gasteiger partial charge < -0.3 is 30.8 Å². The Labute approximate surface area is 299 Å². The standard InChI is InChI=1S/C42H62N2O6/c1-28(34-15-14-29(2)40(49)44-31(4)23-32-10-7-11-33(24-32)25-34)9-6-12-35(27-47)37-17-19-42(39(37)48)38(13-8-22-45)36(30(3)26-46)16-18-41(42,50)20-21-43-5/h6-7,9-12,14,24,26,31,34,37-40,43-45,47-50H,1,8,13,15-23,25,27H2,2-5H3. The summed E-state index contributed by atoms with van der Waals surface area (Å²) in [5.41, 5.74) is 4.47. The maximum atomic E-state index is 12.4. The number of nitrogens with one attached hydrogen (secondary N) is 2. The average molecular weight is 691 g/mol. The summed E-state index contributed by atoms with van der Waals surface area (Å²) < 4.78 is 0. The molecule has 1 spiro atoms. The molecule has 0 aromatic heterocycles. The van der Waals surface area contributed by atoms with Gasteiger partial charge in [0.15, 0.2) is 0 Å². The van der Waals surface area contributed by atoms with E-state index in [0.717, 1.165) is 35.8 Å². The number of aliphatic hydroxyl groups is 5. The fourth-order valence-corrected chi connectivity index (χ4v) is 9.20. The van der Waals surface area contributed by atoms with Crippen molar-refractivity contribution >= 4 is 6.29 Å². The summed E-state index contributed by atoms with van der Waals surface area (Å²) in [4.78, 5) is 12.0. The molecule has 0 saturated heterocycles. The van der Waals surface area contributed by atoms with E-state index in [1.807, 2.05) is 39.1 Å². The SMILES string of the molecule is C=C(C=CC=C(CO)C1CCC2(C(CCCO)C(=C(C)C=O)CCC2(O)CCNC)C1O)C1CC=C(C)C(O)NC(C)Cc2cccc(c2)C1. The Morgan fingerprint density at radius 3 is 2.58 bits per heavy atom. The van der Waals surface area contributed by atoms with Crippen LogP contribution in [0, 0.1) is 23.2 Å². The predicted octanol–water partition coefficient (Wildman–Crippen LogP) is 4.86. The van der Waals surface area contributed by atoms with E-state index in [-0.39, 0.29) is 37.0 Å². The number of benzene rings is 1. The molecule has 1 aliphatic heterocycles. The molecule has 7 N–H and O–H groups in total. The second-order valence-electron chi connectivity index (χ2n) is 15.2. The van der Waals surface area contributed by atoms with Crippen LogP contribution in [0.5, 0.6) is 0 Å². The third-order valence-corrected chi connectivity index (χ3v) is 12.0. The second kappa shape index (κ2) is 18.2. The monoisotopic (exact) mass is 690 g/mol. The topological polar surface area (TPSA) is 142 Å². The van der Waals surface area contributed by atoms with Crippen molar-refractivity contribution in [3.63, 3.8) is 0 Å². The molecule has 4 rings (SSSR count). The van der Waals surface area contributed by atoms with Crippen molar-refractivity contribution in [2.45, 2.75) is 109 Å². The highest BCUT2D eigenvalue weighted by atomic mass is 16.3. The first kappa shape index (κ1) is 40.1. The minimum atomic E-state index is -1.18. The molecular weight excluding hydrogens is 628 g/mol. The predicted molar refractivity (Wildman–Crippen MR) is 200 cm³/mol. The van der Waals surface area contributed by atoms with Crippen molar-refractivity contribution in [2.75, 3.05) is 26.8 Å². The first-order valence-electron chi connectivity index (χ1n) is 18.6. The first-order valence-corrected chi connectivity index (χ1v) is 18.6. The number of allylic oxidation sites excluding steroid dienone is 7. The number of carbonyl (C=O) groups excluding carboxylic acids is 1. The summed E-state index contributed by atoms with van der Waals surface area (Å²) in [5.74, 6) is -0.550. The molecule has 1 aromatic rings. The van der Waals surface area contributed by atoms with Crippen LogP contribution in [0.2, 0.25) is 0 Å². The van der Waals surface area contributed by atoms with Crippen LogP contribution >= 0.6 is 0 Å². The van der Waals surface area contributed by atoms with Gasteiger partial charge in [-0.3, -0.25) is 10.1 Å². The van der Waals surface area contributed by atoms with E-state index >= 15 is 0 Å². The highest BCUT2D eigenvalue weighted by Gasteiger charge is 2.65. The lowest BCUT2D eigenvalue weighted by molar-refractivity contribution is -0.180. The van der Waals surface area contributed by atoms with Gasteiger partial charge in [-0.15, -0.1) is 0 Å². The molecule has 8 heteroatoms. The summed E-state index contributed by atoms with van der Waals surface area (Å²) in [7, 11) is 1.85. The van der Waals surface area contributed by atoms with E-state index in [1.165, 1.54) is 11.1 Å². The molecule has 276 valence electrons. The summed E-state index contributed by atoms with van der Waals surface area (Å²) in [6, 6.07) is 8.73. The molecule has 2 saturated carbocycles. The van der Waals surface area contributed by atoms with Gasteiger partial charge in [0.2, 0.25) is 0 Å². The van der Waals surface area contributed by atoms with Crippen molar-refractivity contribution in [3.8, 4) is 0 Å². The zero-order chi connectivity index (χ0) is 36.5. The van der Waals surface area contributed by atoms with Crippen LogP contribution in [0.1, 0.15) is 83.3 Å². The molecule has 1 heterocycles. The molecule has 2 aliphatic carbocycles. The number of aliphatic hydroxyl groups excluding tert-OH is 4. The van der Waals surface area contributed by atoms with E-state index in [1.54, 1.807) is 0 Å². The molecular formula is C42H62N2O6. The summed E-state index contributed by atoms with van der Waals surface area (Å²) in [6.45, 7) is 10.6. The van der Waals surface area contributed by atoms with Crippen molar-refractivity contribution in [3.05, 3.63) is 94.1 Å². The number of hydrogen-bond donors (Lipinski definition) is 7. The molecule has 3 aliphatic rings. The van der Waals surface area contributed by atoms with Gasteiger partial charge in [-0.25, -0.2) is 0 Å². The second-order valence-corrected chi connectivity index (χ2v) is 15.2. The number of aldehydes is 1. The molecule has 8 unspecified atom stereocenters. The zero-order valence-corrected chi connectivity index (χ0v) is 30.7. The number of carbonyl (C=O) groups is 1. The van der Waals surface area contributed by atoms with E-state index in [4.69, 9.17) is 0 Å². The van der Waals surface area contributed by atoms with E-state index < -0.39 is 23.3 Å². The van der Waals surface area contributed by atoms with Crippen LogP contribution in [0.3, 0.4) is 0 Å². The largest absolute Gasteiger partial charge is 0.396 e. The Kier molecular flexibility index (Phi) is 14.6. The van der Waals surface area contributed by atoms with Crippen molar-refractivity contribution in [1.82, 2.24) is 10.6 Å². The van der Waals surface area contributed by atoms with Crippen LogP contribution in [0.4, 0.5) is 0 Å². The minimum Gasteiger partial charge on any atom is -0.396 e. The Morgan fingerprint density at radius 1 is 1.16 bits per heavy atom. The van der Waals surface area contributed by atoms with E-state index in [0.29, 0.717) is 69.1 Å². The van der Waals surface area contributed by atoms with Crippen molar-refractivity contribution in [1.29, 1.82) is 0 Å². The zero-order valence-electron chi connectivity index (χ0n) is 30.7. The molecule has 2 bridgehead atoms. The number of hydrogen-bond acceptors (Lipinski definition) is 8. The van der Waals surface area contributed by atoms with Crippen LogP contribution in [0.25, 0.3) is 0 Å². The summed E-state index contributed by atoms with van der Waals surface area (Å²) in [5, 5.41) is 62.5. The molecule has 0 amide bonds. The van der Waals surface area contributed by atoms with Gasteiger partial charge in [-0.1, -0.05) is 66.3 Å². The van der Waals surface area contributed by atoms with Crippen LogP contribution in [0.15, 0.2) is 83.0 Å². The molecule has 1 aromatic carbocycles. The Bertz CT molecular complexity index is 1450. The van der Waals surface area contributed by atoms with Gasteiger partial charge in [-0.2, -0.15) is 0 Å². The highest BCUT2D eigenvalue weighted by molar-refractivity contribution is 5.74. The normalized spacial score (nSPS) is 33.5. The lowest BCUT2D eigenvalue weighted by Gasteiger charge is -2.57. The van der Waals surface area contributed by atoms with Crippen molar-refractivity contribution < 1.29 is 30.3 Å². The molecule has 2 fully saturated rings. The summed E-state index contributed by atoms with van der Waals surface area (Å²) in [6.07, 6.45) is 13.1. The Balaban J connectivity index is 1.63. The van der Waals surface area contributed by atoms with Crippen molar-refractivity contribution in [2.24, 2.45) is 23.2 Å². The molecule has 50 heavy (non-hydrogen) atoms. The summed E-state index contributed by atoms with van der Waals surface area (Å²) >= 11 is 0. The number of fused-ring (bicyclic) bond motifs is 2. The quantitative estimate of drug-likeness (QED) is 0.0714. The van der Waals surface area contributed by atoms with Crippen LogP contribution in [-0.2, 0) is 17.6 Å².